The van der Waals surface area contributed by atoms with E-state index in [0.29, 0.717) is 18.3 Å². The van der Waals surface area contributed by atoms with Crippen molar-refractivity contribution in [2.75, 3.05) is 18.7 Å². The Bertz CT molecular complexity index is 721. The number of benzene rings is 2. The highest BCUT2D eigenvalue weighted by Gasteiger charge is 2.13. The van der Waals surface area contributed by atoms with Crippen molar-refractivity contribution >= 4 is 23.0 Å². The van der Waals surface area contributed by atoms with Crippen LogP contribution in [0.5, 0.6) is 17.2 Å². The number of hydrogen-bond donors (Lipinski definition) is 2. The predicted molar refractivity (Wildman–Crippen MR) is 97.9 cm³/mol. The number of para-hydroxylation sites is 2. The Morgan fingerprint density at radius 2 is 2.00 bits per heavy atom. The molecule has 0 atom stereocenters. The summed E-state index contributed by atoms with van der Waals surface area (Å²) in [5.41, 5.74) is 1.92. The average molecular weight is 344 g/mol. The lowest BCUT2D eigenvalue weighted by atomic mass is 10.2. The predicted octanol–water partition coefficient (Wildman–Crippen LogP) is 3.69. The monoisotopic (exact) mass is 344 g/mol. The van der Waals surface area contributed by atoms with Crippen molar-refractivity contribution in [2.24, 2.45) is 0 Å². The van der Waals surface area contributed by atoms with Gasteiger partial charge in [0.05, 0.1) is 12.3 Å². The Morgan fingerprint density at radius 3 is 2.88 bits per heavy atom. The number of fused-ring (bicyclic) bond motifs is 1. The van der Waals surface area contributed by atoms with Gasteiger partial charge in [-0.05, 0) is 48.5 Å². The van der Waals surface area contributed by atoms with Crippen molar-refractivity contribution < 1.29 is 14.2 Å². The molecular formula is C18H20N2O3S. The SMILES string of the molecule is CCCOc1ccccc1NC(=S)NCc1ccc2c(c1)OCO2. The minimum Gasteiger partial charge on any atom is -0.491 e. The van der Waals surface area contributed by atoms with Gasteiger partial charge in [0.15, 0.2) is 16.6 Å². The van der Waals surface area contributed by atoms with Crippen LogP contribution < -0.4 is 24.8 Å². The minimum absolute atomic E-state index is 0.278. The number of anilines is 1. The summed E-state index contributed by atoms with van der Waals surface area (Å²) in [6.45, 7) is 3.63. The highest BCUT2D eigenvalue weighted by molar-refractivity contribution is 7.80. The molecule has 2 N–H and O–H groups in total. The van der Waals surface area contributed by atoms with Gasteiger partial charge in [0.25, 0.3) is 0 Å². The summed E-state index contributed by atoms with van der Waals surface area (Å²) in [4.78, 5) is 0. The molecule has 2 aromatic rings. The van der Waals surface area contributed by atoms with Gasteiger partial charge in [-0.1, -0.05) is 25.1 Å². The second-order valence-electron chi connectivity index (χ2n) is 5.34. The molecule has 0 fully saturated rings. The van der Waals surface area contributed by atoms with Crippen molar-refractivity contribution in [1.82, 2.24) is 5.32 Å². The molecule has 6 heteroatoms. The molecule has 0 saturated carbocycles. The van der Waals surface area contributed by atoms with Crippen LogP contribution in [0.15, 0.2) is 42.5 Å². The Kier molecular flexibility index (Phi) is 5.38. The van der Waals surface area contributed by atoms with Gasteiger partial charge < -0.3 is 24.8 Å². The van der Waals surface area contributed by atoms with E-state index in [1.807, 2.05) is 42.5 Å². The molecular weight excluding hydrogens is 324 g/mol. The minimum atomic E-state index is 0.278. The summed E-state index contributed by atoms with van der Waals surface area (Å²) in [5.74, 6) is 2.35. The van der Waals surface area contributed by atoms with Crippen LogP contribution in [0.4, 0.5) is 5.69 Å². The molecule has 3 rings (SSSR count). The summed E-state index contributed by atoms with van der Waals surface area (Å²) >= 11 is 5.37. The molecule has 126 valence electrons. The number of ether oxygens (including phenoxy) is 3. The third-order valence-electron chi connectivity index (χ3n) is 3.49. The summed E-state index contributed by atoms with van der Waals surface area (Å²) in [6.07, 6.45) is 0.959. The van der Waals surface area contributed by atoms with E-state index < -0.39 is 0 Å². The first-order valence-electron chi connectivity index (χ1n) is 7.91. The van der Waals surface area contributed by atoms with Gasteiger partial charge in [-0.25, -0.2) is 0 Å². The van der Waals surface area contributed by atoms with Gasteiger partial charge in [0, 0.05) is 6.54 Å². The van der Waals surface area contributed by atoms with Gasteiger partial charge in [-0.3, -0.25) is 0 Å². The van der Waals surface area contributed by atoms with Crippen molar-refractivity contribution in [3.63, 3.8) is 0 Å². The fourth-order valence-corrected chi connectivity index (χ4v) is 2.49. The molecule has 5 nitrogen and oxygen atoms in total. The van der Waals surface area contributed by atoms with Crippen LogP contribution >= 0.6 is 12.2 Å². The number of thiocarbonyl (C=S) groups is 1. The first-order valence-corrected chi connectivity index (χ1v) is 8.32. The largest absolute Gasteiger partial charge is 0.491 e. The molecule has 0 amide bonds. The van der Waals surface area contributed by atoms with Crippen LogP contribution in [0.3, 0.4) is 0 Å². The number of rotatable bonds is 6. The van der Waals surface area contributed by atoms with E-state index in [0.717, 1.165) is 34.9 Å². The van der Waals surface area contributed by atoms with Crippen LogP contribution in [0.1, 0.15) is 18.9 Å². The van der Waals surface area contributed by atoms with Gasteiger partial charge in [0.2, 0.25) is 6.79 Å². The molecule has 24 heavy (non-hydrogen) atoms. The maximum absolute atomic E-state index is 5.72. The van der Waals surface area contributed by atoms with Crippen molar-refractivity contribution in [3.8, 4) is 17.2 Å². The maximum atomic E-state index is 5.72. The second kappa shape index (κ2) is 7.88. The van der Waals surface area contributed by atoms with Crippen molar-refractivity contribution in [1.29, 1.82) is 0 Å². The number of nitrogens with one attached hydrogen (secondary N) is 2. The fourth-order valence-electron chi connectivity index (χ4n) is 2.31. The quantitative estimate of drug-likeness (QED) is 0.780. The zero-order chi connectivity index (χ0) is 16.8. The molecule has 1 aliphatic heterocycles. The number of hydrogen-bond acceptors (Lipinski definition) is 4. The zero-order valence-electron chi connectivity index (χ0n) is 13.5. The standard InChI is InChI=1S/C18H20N2O3S/c1-2-9-21-15-6-4-3-5-14(15)20-18(24)19-11-13-7-8-16-17(10-13)23-12-22-16/h3-8,10H,2,9,11-12H2,1H3,(H2,19,20,24). The lowest BCUT2D eigenvalue weighted by Crippen LogP contribution is -2.28. The Morgan fingerprint density at radius 1 is 1.17 bits per heavy atom. The van der Waals surface area contributed by atoms with Crippen LogP contribution in [0, 0.1) is 0 Å². The van der Waals surface area contributed by atoms with Crippen LogP contribution in [-0.2, 0) is 6.54 Å². The van der Waals surface area contributed by atoms with E-state index in [2.05, 4.69) is 17.6 Å². The summed E-state index contributed by atoms with van der Waals surface area (Å²) in [5, 5.41) is 6.91. The fraction of sp³-hybridized carbons (Fsp3) is 0.278. The summed E-state index contributed by atoms with van der Waals surface area (Å²) in [7, 11) is 0. The first kappa shape index (κ1) is 16.4. The highest BCUT2D eigenvalue weighted by Crippen LogP contribution is 2.32. The summed E-state index contributed by atoms with van der Waals surface area (Å²) < 4.78 is 16.4. The second-order valence-corrected chi connectivity index (χ2v) is 5.75. The van der Waals surface area contributed by atoms with Gasteiger partial charge in [0.1, 0.15) is 5.75 Å². The van der Waals surface area contributed by atoms with E-state index in [1.54, 1.807) is 0 Å². The molecule has 0 aromatic heterocycles. The molecule has 0 spiro atoms. The van der Waals surface area contributed by atoms with Crippen LogP contribution in [0.2, 0.25) is 0 Å². The van der Waals surface area contributed by atoms with E-state index in [4.69, 9.17) is 26.4 Å². The highest BCUT2D eigenvalue weighted by atomic mass is 32.1. The molecule has 0 unspecified atom stereocenters. The average Bonchev–Trinajstić information content (AvgIpc) is 3.07. The maximum Gasteiger partial charge on any atom is 0.231 e. The van der Waals surface area contributed by atoms with Crippen LogP contribution in [-0.4, -0.2) is 18.5 Å². The zero-order valence-corrected chi connectivity index (χ0v) is 14.3. The molecule has 0 aliphatic carbocycles. The lowest BCUT2D eigenvalue weighted by Gasteiger charge is -2.14. The van der Waals surface area contributed by atoms with Gasteiger partial charge >= 0.3 is 0 Å². The molecule has 0 saturated heterocycles. The Hall–Kier alpha value is -2.47. The van der Waals surface area contributed by atoms with Gasteiger partial charge in [-0.15, -0.1) is 0 Å². The van der Waals surface area contributed by atoms with E-state index in [9.17, 15) is 0 Å². The summed E-state index contributed by atoms with van der Waals surface area (Å²) in [6, 6.07) is 13.6. The molecule has 0 bridgehead atoms. The van der Waals surface area contributed by atoms with E-state index in [1.165, 1.54) is 0 Å². The van der Waals surface area contributed by atoms with Gasteiger partial charge in [-0.2, -0.15) is 0 Å². The van der Waals surface area contributed by atoms with E-state index >= 15 is 0 Å². The normalized spacial score (nSPS) is 11.9. The van der Waals surface area contributed by atoms with Crippen molar-refractivity contribution in [3.05, 3.63) is 48.0 Å². The van der Waals surface area contributed by atoms with E-state index in [-0.39, 0.29) is 6.79 Å². The third kappa shape index (κ3) is 4.08. The third-order valence-corrected chi connectivity index (χ3v) is 3.73. The van der Waals surface area contributed by atoms with Crippen molar-refractivity contribution in [2.45, 2.75) is 19.9 Å². The Labute approximate surface area is 146 Å². The topological polar surface area (TPSA) is 51.8 Å². The molecule has 1 aliphatic rings. The smallest absolute Gasteiger partial charge is 0.231 e. The first-order chi connectivity index (χ1) is 11.8. The van der Waals surface area contributed by atoms with Crippen LogP contribution in [0.25, 0.3) is 0 Å². The lowest BCUT2D eigenvalue weighted by molar-refractivity contribution is 0.174. The molecule has 1 heterocycles. The Balaban J connectivity index is 1.56. The molecule has 0 radical (unpaired) electrons. The molecule has 2 aromatic carbocycles.